The number of anilines is 1. The number of rotatable bonds is 5. The highest BCUT2D eigenvalue weighted by atomic mass is 19.1. The maximum Gasteiger partial charge on any atom is 0.330 e. The predicted molar refractivity (Wildman–Crippen MR) is 93.7 cm³/mol. The highest BCUT2D eigenvalue weighted by Gasteiger charge is 2.23. The van der Waals surface area contributed by atoms with Crippen molar-refractivity contribution in [1.29, 1.82) is 0 Å². The lowest BCUT2D eigenvalue weighted by Gasteiger charge is -2.29. The molecule has 0 bridgehead atoms. The molecule has 1 atom stereocenters. The Hall–Kier alpha value is -2.93. The summed E-state index contributed by atoms with van der Waals surface area (Å²) in [7, 11) is 0. The van der Waals surface area contributed by atoms with Crippen molar-refractivity contribution in [1.82, 2.24) is 5.32 Å². The number of hydrogen-bond acceptors (Lipinski definition) is 4. The third-order valence-electron chi connectivity index (χ3n) is 4.22. The van der Waals surface area contributed by atoms with Crippen LogP contribution in [0, 0.1) is 5.82 Å². The van der Waals surface area contributed by atoms with Crippen LogP contribution in [0.4, 0.5) is 10.1 Å². The van der Waals surface area contributed by atoms with Crippen molar-refractivity contribution in [3.63, 3.8) is 0 Å². The number of carboxylic acids is 1. The zero-order valence-electron chi connectivity index (χ0n) is 14.0. The summed E-state index contributed by atoms with van der Waals surface area (Å²) in [5, 5.41) is 11.8. The number of hydrogen-bond donors (Lipinski definition) is 2. The average Bonchev–Trinajstić information content (AvgIpc) is 2.67. The summed E-state index contributed by atoms with van der Waals surface area (Å²) >= 11 is 0. The molecule has 1 aliphatic rings. The summed E-state index contributed by atoms with van der Waals surface area (Å²) in [6, 6.07) is 11.3. The number of nitrogens with one attached hydrogen (secondary N) is 1. The topological polar surface area (TPSA) is 78.9 Å². The summed E-state index contributed by atoms with van der Waals surface area (Å²) in [5.41, 5.74) is 0.920. The summed E-state index contributed by atoms with van der Waals surface area (Å²) < 4.78 is 19.7. The third kappa shape index (κ3) is 4.00. The van der Waals surface area contributed by atoms with E-state index in [2.05, 4.69) is 5.32 Å². The van der Waals surface area contributed by atoms with E-state index in [1.807, 2.05) is 4.90 Å². The molecule has 1 amide bonds. The Morgan fingerprint density at radius 3 is 2.42 bits per heavy atom. The van der Waals surface area contributed by atoms with Crippen LogP contribution in [0.1, 0.15) is 22.0 Å². The summed E-state index contributed by atoms with van der Waals surface area (Å²) in [4.78, 5) is 25.7. The van der Waals surface area contributed by atoms with Gasteiger partial charge >= 0.3 is 5.97 Å². The molecule has 0 aromatic heterocycles. The zero-order chi connectivity index (χ0) is 18.5. The Kier molecular flexibility index (Phi) is 5.48. The summed E-state index contributed by atoms with van der Waals surface area (Å²) in [5.74, 6) is -2.35. The third-order valence-corrected chi connectivity index (χ3v) is 4.22. The highest BCUT2D eigenvalue weighted by molar-refractivity contribution is 5.97. The van der Waals surface area contributed by atoms with Crippen LogP contribution in [0.5, 0.6) is 0 Å². The second kappa shape index (κ2) is 7.97. The average molecular weight is 358 g/mol. The number of amides is 1. The van der Waals surface area contributed by atoms with Crippen LogP contribution < -0.4 is 10.2 Å². The normalized spacial score (nSPS) is 15.3. The van der Waals surface area contributed by atoms with Crippen LogP contribution >= 0.6 is 0 Å². The predicted octanol–water partition coefficient (Wildman–Crippen LogP) is 2.22. The van der Waals surface area contributed by atoms with Crippen molar-refractivity contribution in [2.24, 2.45) is 0 Å². The molecule has 7 heteroatoms. The minimum absolute atomic E-state index is 0.0710. The number of aliphatic carboxylic acids is 1. The molecule has 6 nitrogen and oxygen atoms in total. The fraction of sp³-hybridized carbons (Fsp3) is 0.263. The molecule has 1 fully saturated rings. The number of carboxylic acid groups (broad SMARTS) is 1. The van der Waals surface area contributed by atoms with Gasteiger partial charge in [0.1, 0.15) is 5.82 Å². The van der Waals surface area contributed by atoms with Gasteiger partial charge in [-0.05, 0) is 23.8 Å². The van der Waals surface area contributed by atoms with Gasteiger partial charge in [-0.1, -0.05) is 30.3 Å². The molecule has 0 radical (unpaired) electrons. The fourth-order valence-corrected chi connectivity index (χ4v) is 2.86. The van der Waals surface area contributed by atoms with Gasteiger partial charge in [-0.3, -0.25) is 4.79 Å². The van der Waals surface area contributed by atoms with Crippen molar-refractivity contribution in [3.05, 3.63) is 65.5 Å². The molecule has 0 saturated carbocycles. The van der Waals surface area contributed by atoms with E-state index in [0.29, 0.717) is 37.6 Å². The first-order valence-corrected chi connectivity index (χ1v) is 8.27. The number of nitrogens with zero attached hydrogens (tertiary/aromatic N) is 1. The Labute approximate surface area is 150 Å². The van der Waals surface area contributed by atoms with Crippen molar-refractivity contribution < 1.29 is 23.8 Å². The largest absolute Gasteiger partial charge is 0.479 e. The first-order chi connectivity index (χ1) is 12.6. The number of halogens is 1. The van der Waals surface area contributed by atoms with Crippen LogP contribution in [-0.4, -0.2) is 43.3 Å². The van der Waals surface area contributed by atoms with Gasteiger partial charge in [0, 0.05) is 18.7 Å². The molecule has 3 rings (SSSR count). The van der Waals surface area contributed by atoms with Crippen molar-refractivity contribution in [2.75, 3.05) is 31.2 Å². The molecule has 136 valence electrons. The van der Waals surface area contributed by atoms with Crippen LogP contribution in [0.25, 0.3) is 0 Å². The highest BCUT2D eigenvalue weighted by Crippen LogP contribution is 2.22. The van der Waals surface area contributed by atoms with Crippen LogP contribution in [-0.2, 0) is 9.53 Å². The Balaban J connectivity index is 1.76. The molecule has 2 N–H and O–H groups in total. The molecular formula is C19H19FN2O4. The summed E-state index contributed by atoms with van der Waals surface area (Å²) in [6.07, 6.45) is 0. The van der Waals surface area contributed by atoms with Crippen LogP contribution in [0.15, 0.2) is 48.5 Å². The SMILES string of the molecule is O=C(N[C@@H](C(=O)O)c1ccccc1)c1ccc(N2CCOCC2)c(F)c1. The smallest absolute Gasteiger partial charge is 0.330 e. The minimum Gasteiger partial charge on any atom is -0.479 e. The molecule has 1 aliphatic heterocycles. The van der Waals surface area contributed by atoms with Crippen molar-refractivity contribution in [2.45, 2.75) is 6.04 Å². The van der Waals surface area contributed by atoms with Gasteiger partial charge in [0.2, 0.25) is 0 Å². The van der Waals surface area contributed by atoms with Gasteiger partial charge in [-0.15, -0.1) is 0 Å². The fourth-order valence-electron chi connectivity index (χ4n) is 2.86. The maximum atomic E-state index is 14.4. The number of ether oxygens (including phenoxy) is 1. The first-order valence-electron chi connectivity index (χ1n) is 8.27. The minimum atomic E-state index is -1.20. The van der Waals surface area contributed by atoms with Gasteiger partial charge in [0.15, 0.2) is 6.04 Å². The Morgan fingerprint density at radius 2 is 1.81 bits per heavy atom. The maximum absolute atomic E-state index is 14.4. The molecule has 1 heterocycles. The van der Waals surface area contributed by atoms with E-state index in [1.54, 1.807) is 30.3 Å². The number of morpholine rings is 1. The molecular weight excluding hydrogens is 339 g/mol. The lowest BCUT2D eigenvalue weighted by atomic mass is 10.1. The van der Waals surface area contributed by atoms with Crippen molar-refractivity contribution in [3.8, 4) is 0 Å². The molecule has 0 aliphatic carbocycles. The van der Waals surface area contributed by atoms with Gasteiger partial charge in [0.05, 0.1) is 18.9 Å². The van der Waals surface area contributed by atoms with Gasteiger partial charge in [-0.2, -0.15) is 0 Å². The Morgan fingerprint density at radius 1 is 1.12 bits per heavy atom. The van der Waals surface area contributed by atoms with E-state index in [-0.39, 0.29) is 5.56 Å². The Bertz CT molecular complexity index is 791. The lowest BCUT2D eigenvalue weighted by Crippen LogP contribution is -2.37. The quantitative estimate of drug-likeness (QED) is 0.857. The zero-order valence-corrected chi connectivity index (χ0v) is 14.0. The number of carbonyl (C=O) groups is 2. The lowest BCUT2D eigenvalue weighted by molar-refractivity contribution is -0.139. The van der Waals surface area contributed by atoms with Gasteiger partial charge in [-0.25, -0.2) is 9.18 Å². The second-order valence-electron chi connectivity index (χ2n) is 5.92. The molecule has 2 aromatic rings. The standard InChI is InChI=1S/C19H19FN2O4/c20-15-12-14(6-7-16(15)22-8-10-26-11-9-22)18(23)21-17(19(24)25)13-4-2-1-3-5-13/h1-7,12,17H,8-11H2,(H,21,23)(H,24,25)/t17-/m1/s1. The molecule has 0 spiro atoms. The molecule has 1 saturated heterocycles. The van der Waals surface area contributed by atoms with E-state index in [9.17, 15) is 19.1 Å². The second-order valence-corrected chi connectivity index (χ2v) is 5.92. The van der Waals surface area contributed by atoms with Gasteiger partial charge < -0.3 is 20.1 Å². The van der Waals surface area contributed by atoms with E-state index >= 15 is 0 Å². The van der Waals surface area contributed by atoms with E-state index < -0.39 is 23.7 Å². The van der Waals surface area contributed by atoms with E-state index in [0.717, 1.165) is 6.07 Å². The molecule has 2 aromatic carbocycles. The number of benzene rings is 2. The van der Waals surface area contributed by atoms with Crippen LogP contribution in [0.2, 0.25) is 0 Å². The first kappa shape index (κ1) is 17.9. The van der Waals surface area contributed by atoms with Gasteiger partial charge in [0.25, 0.3) is 5.91 Å². The summed E-state index contributed by atoms with van der Waals surface area (Å²) in [6.45, 7) is 2.22. The number of carbonyl (C=O) groups excluding carboxylic acids is 1. The monoisotopic (exact) mass is 358 g/mol. The van der Waals surface area contributed by atoms with Crippen LogP contribution in [0.3, 0.4) is 0 Å². The van der Waals surface area contributed by atoms with Crippen molar-refractivity contribution >= 4 is 17.6 Å². The molecule has 26 heavy (non-hydrogen) atoms. The molecule has 0 unspecified atom stereocenters. The van der Waals surface area contributed by atoms with E-state index in [1.165, 1.54) is 12.1 Å². The van der Waals surface area contributed by atoms with E-state index in [4.69, 9.17) is 4.74 Å².